The Morgan fingerprint density at radius 1 is 1.31 bits per heavy atom. The fourth-order valence-corrected chi connectivity index (χ4v) is 1.39. The molecule has 5 heteroatoms. The molecule has 0 atom stereocenters. The Balaban J connectivity index is 2.21. The summed E-state index contributed by atoms with van der Waals surface area (Å²) in [5, 5.41) is 0. The number of pyridine rings is 2. The maximum Gasteiger partial charge on any atom is 0.250 e. The summed E-state index contributed by atoms with van der Waals surface area (Å²) in [5.41, 5.74) is 3.38. The van der Waals surface area contributed by atoms with Crippen molar-refractivity contribution >= 4 is 5.82 Å². The average molecular weight is 216 g/mol. The highest BCUT2D eigenvalue weighted by Gasteiger charge is 1.97. The first-order valence-corrected chi connectivity index (χ1v) is 4.86. The van der Waals surface area contributed by atoms with Gasteiger partial charge in [0.05, 0.1) is 6.54 Å². The Labute approximate surface area is 92.5 Å². The average Bonchev–Trinajstić information content (AvgIpc) is 2.33. The molecule has 0 bridgehead atoms. The van der Waals surface area contributed by atoms with E-state index in [0.29, 0.717) is 12.4 Å². The summed E-state index contributed by atoms with van der Waals surface area (Å²) in [4.78, 5) is 15.5. The van der Waals surface area contributed by atoms with E-state index < -0.39 is 0 Å². The first-order valence-electron chi connectivity index (χ1n) is 4.86. The molecule has 2 aromatic heterocycles. The minimum atomic E-state index is -0.0245. The SMILES string of the molecule is NNc1ccc(Cn2ccccc2=O)cn1. The number of rotatable bonds is 3. The zero-order valence-electron chi connectivity index (χ0n) is 8.63. The molecule has 82 valence electrons. The first-order chi connectivity index (χ1) is 7.79. The molecule has 16 heavy (non-hydrogen) atoms. The summed E-state index contributed by atoms with van der Waals surface area (Å²) in [6, 6.07) is 8.72. The maximum absolute atomic E-state index is 11.5. The van der Waals surface area contributed by atoms with Crippen LogP contribution in [-0.2, 0) is 6.54 Å². The third kappa shape index (κ3) is 2.26. The van der Waals surface area contributed by atoms with Crippen LogP contribution >= 0.6 is 0 Å². The number of nitrogens with two attached hydrogens (primary N) is 1. The van der Waals surface area contributed by atoms with Gasteiger partial charge in [0.15, 0.2) is 0 Å². The van der Waals surface area contributed by atoms with Gasteiger partial charge in [-0.25, -0.2) is 10.8 Å². The van der Waals surface area contributed by atoms with Crippen molar-refractivity contribution in [3.8, 4) is 0 Å². The summed E-state index contributed by atoms with van der Waals surface area (Å²) < 4.78 is 1.62. The number of hydrogen-bond acceptors (Lipinski definition) is 4. The summed E-state index contributed by atoms with van der Waals surface area (Å²) in [6.07, 6.45) is 3.44. The van der Waals surface area contributed by atoms with Crippen molar-refractivity contribution in [2.24, 2.45) is 5.84 Å². The number of hydrazine groups is 1. The van der Waals surface area contributed by atoms with Crippen molar-refractivity contribution in [3.05, 3.63) is 58.6 Å². The molecular formula is C11H12N4O. The molecule has 0 amide bonds. The number of nitrogen functional groups attached to an aromatic ring is 1. The highest BCUT2D eigenvalue weighted by molar-refractivity contribution is 5.33. The molecular weight excluding hydrogens is 204 g/mol. The highest BCUT2D eigenvalue weighted by Crippen LogP contribution is 2.04. The van der Waals surface area contributed by atoms with Crippen LogP contribution in [0.3, 0.4) is 0 Å². The van der Waals surface area contributed by atoms with Crippen LogP contribution in [0.1, 0.15) is 5.56 Å². The third-order valence-electron chi connectivity index (χ3n) is 2.22. The van der Waals surface area contributed by atoms with Crippen LogP contribution in [-0.4, -0.2) is 9.55 Å². The summed E-state index contributed by atoms with van der Waals surface area (Å²) in [7, 11) is 0. The van der Waals surface area contributed by atoms with Gasteiger partial charge in [-0.15, -0.1) is 0 Å². The molecule has 0 fully saturated rings. The van der Waals surface area contributed by atoms with E-state index in [1.54, 1.807) is 29.1 Å². The van der Waals surface area contributed by atoms with Crippen molar-refractivity contribution in [2.45, 2.75) is 6.54 Å². The van der Waals surface area contributed by atoms with E-state index in [1.807, 2.05) is 12.1 Å². The lowest BCUT2D eigenvalue weighted by Crippen LogP contribution is -2.18. The van der Waals surface area contributed by atoms with E-state index >= 15 is 0 Å². The van der Waals surface area contributed by atoms with Gasteiger partial charge in [-0.05, 0) is 17.7 Å². The van der Waals surface area contributed by atoms with E-state index in [0.717, 1.165) is 5.56 Å². The standard InChI is InChI=1S/C11H12N4O/c12-14-10-5-4-9(7-13-10)8-15-6-2-1-3-11(15)16/h1-7H,8,12H2,(H,13,14). The Morgan fingerprint density at radius 2 is 2.19 bits per heavy atom. The Hall–Kier alpha value is -2.14. The van der Waals surface area contributed by atoms with Crippen LogP contribution in [0.4, 0.5) is 5.82 Å². The highest BCUT2D eigenvalue weighted by atomic mass is 16.1. The van der Waals surface area contributed by atoms with Crippen molar-refractivity contribution in [1.29, 1.82) is 0 Å². The number of nitrogens with one attached hydrogen (secondary N) is 1. The van der Waals surface area contributed by atoms with E-state index in [9.17, 15) is 4.79 Å². The molecule has 0 radical (unpaired) electrons. The predicted molar refractivity (Wildman–Crippen MR) is 61.9 cm³/mol. The predicted octanol–water partition coefficient (Wildman–Crippen LogP) is 0.577. The molecule has 0 aliphatic carbocycles. The Morgan fingerprint density at radius 3 is 2.81 bits per heavy atom. The molecule has 0 unspecified atom stereocenters. The van der Waals surface area contributed by atoms with Crippen LogP contribution < -0.4 is 16.8 Å². The summed E-state index contributed by atoms with van der Waals surface area (Å²) in [6.45, 7) is 0.511. The number of anilines is 1. The second-order valence-corrected chi connectivity index (χ2v) is 3.36. The van der Waals surface area contributed by atoms with E-state index in [-0.39, 0.29) is 5.56 Å². The molecule has 3 N–H and O–H groups in total. The maximum atomic E-state index is 11.5. The smallest absolute Gasteiger partial charge is 0.250 e. The van der Waals surface area contributed by atoms with Crippen molar-refractivity contribution in [2.75, 3.05) is 5.43 Å². The molecule has 0 saturated heterocycles. The minimum absolute atomic E-state index is 0.0245. The van der Waals surface area contributed by atoms with Crippen LogP contribution in [0.25, 0.3) is 0 Å². The molecule has 2 heterocycles. The van der Waals surface area contributed by atoms with Crippen LogP contribution in [0.15, 0.2) is 47.5 Å². The second kappa shape index (κ2) is 4.59. The molecule has 0 aliphatic rings. The van der Waals surface area contributed by atoms with Gasteiger partial charge in [-0.1, -0.05) is 12.1 Å². The molecule has 0 aliphatic heterocycles. The van der Waals surface area contributed by atoms with Gasteiger partial charge in [-0.3, -0.25) is 4.79 Å². The first kappa shape index (κ1) is 10.4. The van der Waals surface area contributed by atoms with Gasteiger partial charge < -0.3 is 9.99 Å². The number of nitrogens with zero attached hydrogens (tertiary/aromatic N) is 2. The summed E-state index contributed by atoms with van der Waals surface area (Å²) in [5.74, 6) is 5.81. The van der Waals surface area contributed by atoms with Crippen molar-refractivity contribution in [3.63, 3.8) is 0 Å². The molecule has 0 aromatic carbocycles. The lowest BCUT2D eigenvalue weighted by atomic mass is 10.3. The van der Waals surface area contributed by atoms with Gasteiger partial charge in [0.1, 0.15) is 5.82 Å². The van der Waals surface area contributed by atoms with Crippen LogP contribution in [0, 0.1) is 0 Å². The third-order valence-corrected chi connectivity index (χ3v) is 2.22. The van der Waals surface area contributed by atoms with E-state index in [2.05, 4.69) is 10.4 Å². The normalized spacial score (nSPS) is 10.1. The zero-order chi connectivity index (χ0) is 11.4. The lowest BCUT2D eigenvalue weighted by Gasteiger charge is -2.05. The second-order valence-electron chi connectivity index (χ2n) is 3.36. The van der Waals surface area contributed by atoms with Gasteiger partial charge in [0, 0.05) is 18.5 Å². The molecule has 0 spiro atoms. The van der Waals surface area contributed by atoms with Gasteiger partial charge in [0.2, 0.25) is 0 Å². The monoisotopic (exact) mass is 216 g/mol. The molecule has 5 nitrogen and oxygen atoms in total. The Kier molecular flexibility index (Phi) is 2.98. The molecule has 2 aromatic rings. The fraction of sp³-hybridized carbons (Fsp3) is 0.0909. The zero-order valence-corrected chi connectivity index (χ0v) is 8.63. The number of hydrogen-bond donors (Lipinski definition) is 2. The largest absolute Gasteiger partial charge is 0.311 e. The quantitative estimate of drug-likeness (QED) is 0.581. The number of aromatic nitrogens is 2. The van der Waals surface area contributed by atoms with Gasteiger partial charge in [0.25, 0.3) is 5.56 Å². The fourth-order valence-electron chi connectivity index (χ4n) is 1.39. The van der Waals surface area contributed by atoms with Crippen molar-refractivity contribution < 1.29 is 0 Å². The van der Waals surface area contributed by atoms with Crippen LogP contribution in [0.5, 0.6) is 0 Å². The van der Waals surface area contributed by atoms with E-state index in [4.69, 9.17) is 5.84 Å². The Bertz CT molecular complexity index is 518. The molecule has 2 rings (SSSR count). The van der Waals surface area contributed by atoms with Crippen molar-refractivity contribution in [1.82, 2.24) is 9.55 Å². The minimum Gasteiger partial charge on any atom is -0.311 e. The lowest BCUT2D eigenvalue weighted by molar-refractivity contribution is 0.756. The molecule has 0 saturated carbocycles. The van der Waals surface area contributed by atoms with Gasteiger partial charge >= 0.3 is 0 Å². The topological polar surface area (TPSA) is 72.9 Å². The van der Waals surface area contributed by atoms with Crippen LogP contribution in [0.2, 0.25) is 0 Å². The van der Waals surface area contributed by atoms with Gasteiger partial charge in [-0.2, -0.15) is 0 Å². The summed E-state index contributed by atoms with van der Waals surface area (Å²) >= 11 is 0. The van der Waals surface area contributed by atoms with E-state index in [1.165, 1.54) is 6.07 Å².